The lowest BCUT2D eigenvalue weighted by atomic mass is 10.4. The molecule has 0 N–H and O–H groups in total. The van der Waals surface area contributed by atoms with E-state index >= 15 is 0 Å². The van der Waals surface area contributed by atoms with Crippen molar-refractivity contribution in [2.24, 2.45) is 0 Å². The highest BCUT2D eigenvalue weighted by Crippen LogP contribution is 2.16. The van der Waals surface area contributed by atoms with Gasteiger partial charge in [0.1, 0.15) is 0 Å². The molecule has 20 heavy (non-hydrogen) atoms. The molecule has 0 radical (unpaired) electrons. The Morgan fingerprint density at radius 2 is 1.10 bits per heavy atom. The second kappa shape index (κ2) is 6.05. The van der Waals surface area contributed by atoms with E-state index in [2.05, 4.69) is 43.9 Å². The van der Waals surface area contributed by atoms with Crippen molar-refractivity contribution in [1.29, 1.82) is 0 Å². The van der Waals surface area contributed by atoms with Crippen molar-refractivity contribution in [3.8, 4) is 0 Å². The van der Waals surface area contributed by atoms with Crippen LogP contribution in [-0.2, 0) is 8.54 Å². The van der Waals surface area contributed by atoms with Crippen molar-refractivity contribution >= 4 is 27.3 Å². The standard InChI is InChI=1S/C16H22O2Si2/c1-17-20(18-19(2,3)4,15-11-7-5-8-12-15)16-13-9-6-10-14-16/h5-14H,1-4H3. The van der Waals surface area contributed by atoms with Crippen molar-refractivity contribution in [3.63, 3.8) is 0 Å². The Labute approximate surface area is 123 Å². The minimum atomic E-state index is -2.60. The molecular weight excluding hydrogens is 280 g/mol. The predicted molar refractivity (Wildman–Crippen MR) is 89.3 cm³/mol. The van der Waals surface area contributed by atoms with E-state index in [0.717, 1.165) is 10.4 Å². The average molecular weight is 303 g/mol. The molecule has 0 fully saturated rings. The summed E-state index contributed by atoms with van der Waals surface area (Å²) in [6.07, 6.45) is 0. The highest BCUT2D eigenvalue weighted by Gasteiger charge is 2.44. The molecule has 0 bridgehead atoms. The van der Waals surface area contributed by atoms with Crippen LogP contribution in [0, 0.1) is 0 Å². The largest absolute Gasteiger partial charge is 0.430 e. The second-order valence-corrected chi connectivity index (χ2v) is 13.6. The summed E-state index contributed by atoms with van der Waals surface area (Å²) in [5, 5.41) is 2.33. The van der Waals surface area contributed by atoms with Gasteiger partial charge in [-0.15, -0.1) is 0 Å². The molecule has 0 aliphatic heterocycles. The van der Waals surface area contributed by atoms with Crippen LogP contribution in [0.15, 0.2) is 60.7 Å². The molecule has 2 aromatic rings. The third-order valence-corrected chi connectivity index (χ3v) is 9.41. The minimum Gasteiger partial charge on any atom is -0.430 e. The monoisotopic (exact) mass is 302 g/mol. The normalized spacial score (nSPS) is 12.4. The zero-order chi connectivity index (χ0) is 14.6. The first kappa shape index (κ1) is 15.2. The Hall–Kier alpha value is -1.21. The molecule has 0 saturated heterocycles. The molecule has 0 unspecified atom stereocenters. The Kier molecular flexibility index (Phi) is 4.60. The Bertz CT molecular complexity index is 496. The van der Waals surface area contributed by atoms with Gasteiger partial charge in [0.15, 0.2) is 8.32 Å². The summed E-state index contributed by atoms with van der Waals surface area (Å²) in [6.45, 7) is 6.62. The van der Waals surface area contributed by atoms with Crippen LogP contribution in [0.25, 0.3) is 0 Å². The van der Waals surface area contributed by atoms with E-state index in [9.17, 15) is 0 Å². The first-order valence-corrected chi connectivity index (χ1v) is 12.1. The quantitative estimate of drug-likeness (QED) is 0.791. The van der Waals surface area contributed by atoms with Crippen LogP contribution in [0.1, 0.15) is 0 Å². The first-order chi connectivity index (χ1) is 9.48. The van der Waals surface area contributed by atoms with Crippen LogP contribution < -0.4 is 10.4 Å². The fourth-order valence-electron chi connectivity index (χ4n) is 2.31. The molecule has 2 rings (SSSR count). The molecular formula is C16H22O2Si2. The summed E-state index contributed by atoms with van der Waals surface area (Å²) in [5.41, 5.74) is 0. The molecule has 0 aliphatic rings. The Balaban J connectivity index is 2.58. The number of rotatable bonds is 5. The van der Waals surface area contributed by atoms with Gasteiger partial charge in [-0.3, -0.25) is 0 Å². The molecule has 0 atom stereocenters. The van der Waals surface area contributed by atoms with Gasteiger partial charge in [0.2, 0.25) is 0 Å². The van der Waals surface area contributed by atoms with Crippen LogP contribution in [0.2, 0.25) is 19.6 Å². The summed E-state index contributed by atoms with van der Waals surface area (Å²) < 4.78 is 12.6. The van der Waals surface area contributed by atoms with Crippen LogP contribution in [0.3, 0.4) is 0 Å². The van der Waals surface area contributed by atoms with Crippen LogP contribution >= 0.6 is 0 Å². The van der Waals surface area contributed by atoms with Crippen molar-refractivity contribution in [3.05, 3.63) is 60.7 Å². The number of benzene rings is 2. The average Bonchev–Trinajstić information content (AvgIpc) is 2.46. The van der Waals surface area contributed by atoms with Gasteiger partial charge < -0.3 is 8.54 Å². The molecule has 0 saturated carbocycles. The topological polar surface area (TPSA) is 18.5 Å². The fourth-order valence-corrected chi connectivity index (χ4v) is 9.10. The number of hydrogen-bond donors (Lipinski definition) is 0. The van der Waals surface area contributed by atoms with Crippen molar-refractivity contribution in [2.75, 3.05) is 7.11 Å². The van der Waals surface area contributed by atoms with Crippen molar-refractivity contribution in [1.82, 2.24) is 0 Å². The van der Waals surface area contributed by atoms with E-state index < -0.39 is 16.9 Å². The van der Waals surface area contributed by atoms with E-state index in [1.165, 1.54) is 0 Å². The van der Waals surface area contributed by atoms with Gasteiger partial charge in [0, 0.05) is 7.11 Å². The van der Waals surface area contributed by atoms with E-state index in [1.807, 2.05) is 36.4 Å². The lowest BCUT2D eigenvalue weighted by molar-refractivity contribution is 0.327. The maximum absolute atomic E-state index is 6.60. The smallest absolute Gasteiger partial charge is 0.396 e. The fraction of sp³-hybridized carbons (Fsp3) is 0.250. The molecule has 0 amide bonds. The van der Waals surface area contributed by atoms with Gasteiger partial charge in [0.25, 0.3) is 0 Å². The SMILES string of the molecule is CO[Si](O[Si](C)(C)C)(c1ccccc1)c1ccccc1. The van der Waals surface area contributed by atoms with Gasteiger partial charge in [-0.2, -0.15) is 0 Å². The summed E-state index contributed by atoms with van der Waals surface area (Å²) in [7, 11) is -2.57. The van der Waals surface area contributed by atoms with Gasteiger partial charge in [-0.25, -0.2) is 0 Å². The number of hydrogen-bond acceptors (Lipinski definition) is 2. The highest BCUT2D eigenvalue weighted by atomic mass is 28.4. The molecule has 106 valence electrons. The molecule has 0 spiro atoms. The van der Waals surface area contributed by atoms with E-state index in [4.69, 9.17) is 8.54 Å². The van der Waals surface area contributed by atoms with Crippen LogP contribution in [-0.4, -0.2) is 24.0 Å². The van der Waals surface area contributed by atoms with Gasteiger partial charge in [-0.05, 0) is 30.0 Å². The lowest BCUT2D eigenvalue weighted by Crippen LogP contribution is -2.66. The van der Waals surface area contributed by atoms with Crippen molar-refractivity contribution in [2.45, 2.75) is 19.6 Å². The molecule has 4 heteroatoms. The van der Waals surface area contributed by atoms with E-state index in [-0.39, 0.29) is 0 Å². The summed E-state index contributed by atoms with van der Waals surface area (Å²) >= 11 is 0. The molecule has 0 aliphatic carbocycles. The van der Waals surface area contributed by atoms with Gasteiger partial charge in [0.05, 0.1) is 0 Å². The van der Waals surface area contributed by atoms with Gasteiger partial charge in [-0.1, -0.05) is 60.7 Å². The van der Waals surface area contributed by atoms with Gasteiger partial charge >= 0.3 is 8.56 Å². The highest BCUT2D eigenvalue weighted by molar-refractivity contribution is 6.98. The molecule has 2 nitrogen and oxygen atoms in total. The third kappa shape index (κ3) is 3.27. The maximum atomic E-state index is 6.60. The Morgan fingerprint density at radius 1 is 0.700 bits per heavy atom. The predicted octanol–water partition coefficient (Wildman–Crippen LogP) is 2.74. The summed E-state index contributed by atoms with van der Waals surface area (Å²) in [5.74, 6) is 0. The summed E-state index contributed by atoms with van der Waals surface area (Å²) in [4.78, 5) is 0. The van der Waals surface area contributed by atoms with Crippen molar-refractivity contribution < 1.29 is 8.54 Å². The molecule has 0 aromatic heterocycles. The molecule has 0 heterocycles. The third-order valence-electron chi connectivity index (χ3n) is 3.05. The Morgan fingerprint density at radius 3 is 1.40 bits per heavy atom. The minimum absolute atomic E-state index is 1.16. The van der Waals surface area contributed by atoms with E-state index in [0.29, 0.717) is 0 Å². The zero-order valence-corrected chi connectivity index (χ0v) is 14.6. The lowest BCUT2D eigenvalue weighted by Gasteiger charge is -2.35. The maximum Gasteiger partial charge on any atom is 0.396 e. The van der Waals surface area contributed by atoms with Crippen LogP contribution in [0.4, 0.5) is 0 Å². The van der Waals surface area contributed by atoms with E-state index in [1.54, 1.807) is 7.11 Å². The van der Waals surface area contributed by atoms with Crippen LogP contribution in [0.5, 0.6) is 0 Å². The zero-order valence-electron chi connectivity index (χ0n) is 12.6. The first-order valence-electron chi connectivity index (χ1n) is 6.84. The summed E-state index contributed by atoms with van der Waals surface area (Å²) in [6, 6.07) is 20.7. The second-order valence-electron chi connectivity index (χ2n) is 5.77. The molecule has 2 aromatic carbocycles.